The van der Waals surface area contributed by atoms with Crippen LogP contribution in [0, 0.1) is 0 Å². The zero-order chi connectivity index (χ0) is 10.3. The lowest BCUT2D eigenvalue weighted by Gasteiger charge is -2.24. The van der Waals surface area contributed by atoms with Crippen LogP contribution in [0.2, 0.25) is 0 Å². The molecule has 0 aromatic rings. The number of hydrogen-bond donors (Lipinski definition) is 2. The molecule has 1 saturated carbocycles. The predicted molar refractivity (Wildman–Crippen MR) is 47.0 cm³/mol. The zero-order valence-corrected chi connectivity index (χ0v) is 8.17. The molecule has 0 heterocycles. The fraction of sp³-hybridized carbons (Fsp3) is 0.857. The van der Waals surface area contributed by atoms with E-state index in [1.54, 1.807) is 0 Å². The molecule has 0 aromatic carbocycles. The van der Waals surface area contributed by atoms with Crippen LogP contribution in [0.5, 0.6) is 0 Å². The van der Waals surface area contributed by atoms with Crippen LogP contribution >= 0.6 is 0 Å². The van der Waals surface area contributed by atoms with Gasteiger partial charge in [0.05, 0.1) is 5.25 Å². The van der Waals surface area contributed by atoms with Gasteiger partial charge in [-0.1, -0.05) is 0 Å². The Hall–Kier alpha value is -0.620. The van der Waals surface area contributed by atoms with Crippen LogP contribution in [-0.4, -0.2) is 36.5 Å². The second kappa shape index (κ2) is 2.95. The molecule has 1 aliphatic rings. The van der Waals surface area contributed by atoms with E-state index in [1.165, 1.54) is 0 Å². The van der Waals surface area contributed by atoms with Crippen LogP contribution in [0.15, 0.2) is 0 Å². The standard InChI is InChI=1S/C7H13NO4S/c1-13(11,12)5-3-2-4-7(5,8)6(9)10/h5H,2-4,8H2,1H3,(H,9,10). The summed E-state index contributed by atoms with van der Waals surface area (Å²) in [6.45, 7) is 0. The highest BCUT2D eigenvalue weighted by Crippen LogP contribution is 2.32. The lowest BCUT2D eigenvalue weighted by Crippen LogP contribution is -2.56. The van der Waals surface area contributed by atoms with Crippen molar-refractivity contribution < 1.29 is 18.3 Å². The Labute approximate surface area is 76.8 Å². The van der Waals surface area contributed by atoms with Crippen molar-refractivity contribution >= 4 is 15.8 Å². The average Bonchev–Trinajstić information content (AvgIpc) is 2.31. The Kier molecular flexibility index (Phi) is 2.38. The summed E-state index contributed by atoms with van der Waals surface area (Å²) in [4.78, 5) is 10.8. The Morgan fingerprint density at radius 1 is 1.62 bits per heavy atom. The Bertz CT molecular complexity index is 323. The topological polar surface area (TPSA) is 97.5 Å². The number of sulfone groups is 1. The fourth-order valence-corrected chi connectivity index (χ4v) is 3.42. The van der Waals surface area contributed by atoms with E-state index in [2.05, 4.69) is 0 Å². The number of aliphatic carboxylic acids is 1. The first-order chi connectivity index (χ1) is 5.78. The van der Waals surface area contributed by atoms with Crippen LogP contribution in [0.25, 0.3) is 0 Å². The van der Waals surface area contributed by atoms with E-state index in [9.17, 15) is 13.2 Å². The molecule has 0 aromatic heterocycles. The van der Waals surface area contributed by atoms with Gasteiger partial charge in [0.25, 0.3) is 0 Å². The van der Waals surface area contributed by atoms with Gasteiger partial charge in [0.2, 0.25) is 0 Å². The molecule has 0 saturated heterocycles. The first-order valence-corrected chi connectivity index (χ1v) is 5.95. The molecule has 13 heavy (non-hydrogen) atoms. The summed E-state index contributed by atoms with van der Waals surface area (Å²) in [7, 11) is -3.36. The van der Waals surface area contributed by atoms with E-state index in [1.807, 2.05) is 0 Å². The molecule has 0 spiro atoms. The molecule has 0 bridgehead atoms. The van der Waals surface area contributed by atoms with E-state index in [0.717, 1.165) is 6.26 Å². The normalized spacial score (nSPS) is 34.8. The molecule has 5 nitrogen and oxygen atoms in total. The van der Waals surface area contributed by atoms with Crippen molar-refractivity contribution in [3.8, 4) is 0 Å². The Morgan fingerprint density at radius 3 is 2.46 bits per heavy atom. The summed E-state index contributed by atoms with van der Waals surface area (Å²) in [6.07, 6.45) is 2.18. The lowest BCUT2D eigenvalue weighted by molar-refractivity contribution is -0.142. The number of nitrogens with two attached hydrogens (primary N) is 1. The second-order valence-corrected chi connectivity index (χ2v) is 5.78. The molecular formula is C7H13NO4S. The van der Waals surface area contributed by atoms with Crippen molar-refractivity contribution in [2.75, 3.05) is 6.26 Å². The van der Waals surface area contributed by atoms with Gasteiger partial charge in [0.1, 0.15) is 5.54 Å². The molecule has 1 rings (SSSR count). The summed E-state index contributed by atoms with van der Waals surface area (Å²) in [5.74, 6) is -1.22. The number of carboxylic acids is 1. The first kappa shape index (κ1) is 10.5. The summed E-state index contributed by atoms with van der Waals surface area (Å²) >= 11 is 0. The quantitative estimate of drug-likeness (QED) is 0.628. The smallest absolute Gasteiger partial charge is 0.325 e. The third kappa shape index (κ3) is 1.68. The molecule has 2 unspecified atom stereocenters. The first-order valence-electron chi connectivity index (χ1n) is 3.99. The van der Waals surface area contributed by atoms with Gasteiger partial charge < -0.3 is 10.8 Å². The summed E-state index contributed by atoms with van der Waals surface area (Å²) in [5, 5.41) is 7.88. The van der Waals surface area contributed by atoms with Crippen molar-refractivity contribution in [1.29, 1.82) is 0 Å². The third-order valence-corrected chi connectivity index (χ3v) is 4.24. The van der Waals surface area contributed by atoms with Gasteiger partial charge in [-0.05, 0) is 19.3 Å². The number of carboxylic acid groups (broad SMARTS) is 1. The molecule has 1 fully saturated rings. The molecular weight excluding hydrogens is 194 g/mol. The minimum atomic E-state index is -3.36. The third-order valence-electron chi connectivity index (χ3n) is 2.55. The molecule has 6 heteroatoms. The van der Waals surface area contributed by atoms with E-state index >= 15 is 0 Å². The van der Waals surface area contributed by atoms with Crippen molar-refractivity contribution in [2.45, 2.75) is 30.1 Å². The summed E-state index contributed by atoms with van der Waals surface area (Å²) in [6, 6.07) is 0. The summed E-state index contributed by atoms with van der Waals surface area (Å²) < 4.78 is 22.4. The van der Waals surface area contributed by atoms with Gasteiger partial charge >= 0.3 is 5.97 Å². The predicted octanol–water partition coefficient (Wildman–Crippen LogP) is -0.634. The molecule has 2 atom stereocenters. The highest BCUT2D eigenvalue weighted by Gasteiger charge is 2.50. The zero-order valence-electron chi connectivity index (χ0n) is 7.36. The largest absolute Gasteiger partial charge is 0.480 e. The van der Waals surface area contributed by atoms with Gasteiger partial charge in [0, 0.05) is 6.26 Å². The minimum absolute atomic E-state index is 0.236. The highest BCUT2D eigenvalue weighted by atomic mass is 32.2. The highest BCUT2D eigenvalue weighted by molar-refractivity contribution is 7.91. The van der Waals surface area contributed by atoms with Crippen LogP contribution < -0.4 is 5.73 Å². The fourth-order valence-electron chi connectivity index (χ4n) is 1.84. The van der Waals surface area contributed by atoms with Crippen molar-refractivity contribution in [3.05, 3.63) is 0 Å². The van der Waals surface area contributed by atoms with Crippen LogP contribution in [0.3, 0.4) is 0 Å². The lowest BCUT2D eigenvalue weighted by atomic mass is 9.99. The molecule has 0 radical (unpaired) electrons. The molecule has 1 aliphatic carbocycles. The van der Waals surface area contributed by atoms with Crippen LogP contribution in [0.1, 0.15) is 19.3 Å². The van der Waals surface area contributed by atoms with E-state index in [4.69, 9.17) is 10.8 Å². The SMILES string of the molecule is CS(=O)(=O)C1CCCC1(N)C(=O)O. The average molecular weight is 207 g/mol. The number of rotatable bonds is 2. The molecule has 76 valence electrons. The van der Waals surface area contributed by atoms with E-state index < -0.39 is 26.6 Å². The van der Waals surface area contributed by atoms with Gasteiger partial charge in [-0.3, -0.25) is 4.79 Å². The van der Waals surface area contributed by atoms with Crippen molar-refractivity contribution in [3.63, 3.8) is 0 Å². The molecule has 3 N–H and O–H groups in total. The van der Waals surface area contributed by atoms with Crippen LogP contribution in [-0.2, 0) is 14.6 Å². The van der Waals surface area contributed by atoms with Crippen molar-refractivity contribution in [1.82, 2.24) is 0 Å². The molecule has 0 amide bonds. The maximum Gasteiger partial charge on any atom is 0.325 e. The maximum atomic E-state index is 11.2. The maximum absolute atomic E-state index is 11.2. The minimum Gasteiger partial charge on any atom is -0.480 e. The van der Waals surface area contributed by atoms with Gasteiger partial charge in [-0.25, -0.2) is 8.42 Å². The van der Waals surface area contributed by atoms with E-state index in [-0.39, 0.29) is 6.42 Å². The van der Waals surface area contributed by atoms with Gasteiger partial charge in [-0.2, -0.15) is 0 Å². The number of hydrogen-bond acceptors (Lipinski definition) is 4. The molecule has 0 aliphatic heterocycles. The van der Waals surface area contributed by atoms with Crippen molar-refractivity contribution in [2.24, 2.45) is 5.73 Å². The van der Waals surface area contributed by atoms with Gasteiger partial charge in [-0.15, -0.1) is 0 Å². The van der Waals surface area contributed by atoms with Gasteiger partial charge in [0.15, 0.2) is 9.84 Å². The van der Waals surface area contributed by atoms with E-state index in [0.29, 0.717) is 12.8 Å². The second-order valence-electron chi connectivity index (χ2n) is 3.56. The Balaban J connectivity index is 3.07. The Morgan fingerprint density at radius 2 is 2.15 bits per heavy atom. The van der Waals surface area contributed by atoms with Crippen LogP contribution in [0.4, 0.5) is 0 Å². The number of carbonyl (C=O) groups is 1. The monoisotopic (exact) mass is 207 g/mol. The summed E-state index contributed by atoms with van der Waals surface area (Å²) in [5.41, 5.74) is 3.98.